The third-order valence-corrected chi connectivity index (χ3v) is 6.67. The molecule has 4 aromatic rings. The molecule has 4 rings (SSSR count). The maximum Gasteiger partial charge on any atom is 0.261 e. The van der Waals surface area contributed by atoms with Crippen LogP contribution in [0.15, 0.2) is 76.4 Å². The highest BCUT2D eigenvalue weighted by Crippen LogP contribution is 2.30. The van der Waals surface area contributed by atoms with E-state index in [-0.39, 0.29) is 16.5 Å². The number of fused-ring (bicyclic) bond motifs is 1. The Kier molecular flexibility index (Phi) is 5.60. The quantitative estimate of drug-likeness (QED) is 0.488. The monoisotopic (exact) mass is 447 g/mol. The minimum absolute atomic E-state index is 0.123. The Morgan fingerprint density at radius 2 is 1.66 bits per heavy atom. The summed E-state index contributed by atoms with van der Waals surface area (Å²) in [6, 6.07) is 20.0. The maximum atomic E-state index is 13.2. The van der Waals surface area contributed by atoms with Crippen molar-refractivity contribution in [2.24, 2.45) is 7.05 Å². The molecule has 0 saturated carbocycles. The molecule has 1 atom stereocenters. The molecule has 3 aromatic carbocycles. The second-order valence-electron chi connectivity index (χ2n) is 8.05. The molecule has 1 aromatic heterocycles. The molecule has 7 heteroatoms. The molecule has 0 aliphatic rings. The Balaban J connectivity index is 1.90. The second kappa shape index (κ2) is 8.24. The van der Waals surface area contributed by atoms with Crippen molar-refractivity contribution >= 4 is 26.4 Å². The number of para-hydroxylation sites is 1. The average Bonchev–Trinajstić information content (AvgIpc) is 2.76. The van der Waals surface area contributed by atoms with Gasteiger partial charge in [0.15, 0.2) is 9.84 Å². The van der Waals surface area contributed by atoms with Crippen molar-refractivity contribution in [1.29, 1.82) is 0 Å². The third kappa shape index (κ3) is 4.03. The Morgan fingerprint density at radius 1 is 1.00 bits per heavy atom. The van der Waals surface area contributed by atoms with Gasteiger partial charge >= 0.3 is 0 Å². The highest BCUT2D eigenvalue weighted by Gasteiger charge is 2.19. The highest BCUT2D eigenvalue weighted by atomic mass is 32.2. The van der Waals surface area contributed by atoms with E-state index < -0.39 is 9.84 Å². The van der Waals surface area contributed by atoms with Crippen LogP contribution < -0.4 is 10.9 Å². The van der Waals surface area contributed by atoms with Crippen LogP contribution >= 0.6 is 0 Å². The van der Waals surface area contributed by atoms with Gasteiger partial charge in [0, 0.05) is 24.4 Å². The van der Waals surface area contributed by atoms with Crippen molar-refractivity contribution in [3.05, 3.63) is 88.2 Å². The Labute approximate surface area is 187 Å². The van der Waals surface area contributed by atoms with Gasteiger partial charge in [-0.15, -0.1) is 0 Å². The fourth-order valence-corrected chi connectivity index (χ4v) is 4.80. The summed E-state index contributed by atoms with van der Waals surface area (Å²) >= 11 is 0. The standard InChI is InChI=1S/C25H25N3O3S/c1-16-14-19(17(2)26-21-12-8-9-13-22(21)32(4,30)31)23-20(15-16)25(29)28(3)24(27-23)18-10-6-5-7-11-18/h5-15,17,26H,1-4H3/t17-/m1/s1. The van der Waals surface area contributed by atoms with Gasteiger partial charge in [-0.3, -0.25) is 9.36 Å². The van der Waals surface area contributed by atoms with Gasteiger partial charge < -0.3 is 5.32 Å². The van der Waals surface area contributed by atoms with E-state index in [4.69, 9.17) is 4.98 Å². The van der Waals surface area contributed by atoms with E-state index in [1.807, 2.05) is 56.3 Å². The zero-order valence-corrected chi connectivity index (χ0v) is 19.3. The van der Waals surface area contributed by atoms with Crippen LogP contribution in [0.1, 0.15) is 24.1 Å². The molecule has 0 aliphatic heterocycles. The predicted octanol–water partition coefficient (Wildman–Crippen LogP) is 4.49. The van der Waals surface area contributed by atoms with Crippen molar-refractivity contribution in [1.82, 2.24) is 9.55 Å². The van der Waals surface area contributed by atoms with E-state index in [1.54, 1.807) is 35.9 Å². The zero-order valence-electron chi connectivity index (χ0n) is 18.5. The SMILES string of the molecule is Cc1cc([C@@H](C)Nc2ccccc2S(C)(=O)=O)c2nc(-c3ccccc3)n(C)c(=O)c2c1. The third-order valence-electron chi connectivity index (χ3n) is 5.51. The number of nitrogens with zero attached hydrogens (tertiary/aromatic N) is 2. The van der Waals surface area contributed by atoms with Gasteiger partial charge in [-0.2, -0.15) is 0 Å². The molecule has 0 bridgehead atoms. The first-order valence-electron chi connectivity index (χ1n) is 10.3. The van der Waals surface area contributed by atoms with Gasteiger partial charge in [0.25, 0.3) is 5.56 Å². The number of benzene rings is 3. The maximum absolute atomic E-state index is 13.2. The lowest BCUT2D eigenvalue weighted by atomic mass is 10.0. The largest absolute Gasteiger partial charge is 0.377 e. The lowest BCUT2D eigenvalue weighted by molar-refractivity contribution is 0.602. The van der Waals surface area contributed by atoms with Crippen molar-refractivity contribution in [2.45, 2.75) is 24.8 Å². The molecule has 0 spiro atoms. The van der Waals surface area contributed by atoms with Gasteiger partial charge in [-0.1, -0.05) is 48.5 Å². The minimum atomic E-state index is -3.40. The van der Waals surface area contributed by atoms with Crippen molar-refractivity contribution in [3.8, 4) is 11.4 Å². The number of hydrogen-bond acceptors (Lipinski definition) is 5. The molecule has 0 aliphatic carbocycles. The second-order valence-corrected chi connectivity index (χ2v) is 10.0. The summed E-state index contributed by atoms with van der Waals surface area (Å²) in [5, 5.41) is 3.85. The van der Waals surface area contributed by atoms with E-state index in [2.05, 4.69) is 5.32 Å². The molecular formula is C25H25N3O3S. The van der Waals surface area contributed by atoms with Crippen LogP contribution in [0.4, 0.5) is 5.69 Å². The molecule has 0 saturated heterocycles. The van der Waals surface area contributed by atoms with Crippen LogP contribution in [0.5, 0.6) is 0 Å². The Hall–Kier alpha value is -3.45. The molecule has 164 valence electrons. The summed E-state index contributed by atoms with van der Waals surface area (Å²) in [5.74, 6) is 0.580. The molecule has 6 nitrogen and oxygen atoms in total. The smallest absolute Gasteiger partial charge is 0.261 e. The summed E-state index contributed by atoms with van der Waals surface area (Å²) in [4.78, 5) is 18.3. The van der Waals surface area contributed by atoms with E-state index in [1.165, 1.54) is 6.26 Å². The van der Waals surface area contributed by atoms with Crippen LogP contribution in [0.25, 0.3) is 22.3 Å². The zero-order chi connectivity index (χ0) is 23.0. The van der Waals surface area contributed by atoms with Gasteiger partial charge in [0.1, 0.15) is 5.82 Å². The summed E-state index contributed by atoms with van der Waals surface area (Å²) in [5.41, 5.74) is 3.62. The number of anilines is 1. The molecule has 0 radical (unpaired) electrons. The number of nitrogens with one attached hydrogen (secondary N) is 1. The fraction of sp³-hybridized carbons (Fsp3) is 0.200. The highest BCUT2D eigenvalue weighted by molar-refractivity contribution is 7.90. The first kappa shape index (κ1) is 21.8. The number of sulfone groups is 1. The van der Waals surface area contributed by atoms with Crippen molar-refractivity contribution in [3.63, 3.8) is 0 Å². The molecule has 1 N–H and O–H groups in total. The topological polar surface area (TPSA) is 81.1 Å². The van der Waals surface area contributed by atoms with E-state index in [9.17, 15) is 13.2 Å². The van der Waals surface area contributed by atoms with Gasteiger partial charge in [-0.05, 0) is 37.6 Å². The lowest BCUT2D eigenvalue weighted by Gasteiger charge is -2.20. The Morgan fingerprint density at radius 3 is 2.34 bits per heavy atom. The van der Waals surface area contributed by atoms with Crippen LogP contribution in [-0.4, -0.2) is 24.2 Å². The van der Waals surface area contributed by atoms with Crippen LogP contribution in [0.3, 0.4) is 0 Å². The molecular weight excluding hydrogens is 422 g/mol. The number of aryl methyl sites for hydroxylation is 1. The van der Waals surface area contributed by atoms with Crippen LogP contribution in [0, 0.1) is 6.92 Å². The summed E-state index contributed by atoms with van der Waals surface area (Å²) in [6.45, 7) is 3.87. The normalized spacial score (nSPS) is 12.6. The lowest BCUT2D eigenvalue weighted by Crippen LogP contribution is -2.22. The summed E-state index contributed by atoms with van der Waals surface area (Å²) < 4.78 is 26.0. The van der Waals surface area contributed by atoms with Gasteiger partial charge in [-0.25, -0.2) is 13.4 Å². The number of aromatic nitrogens is 2. The number of rotatable bonds is 5. The molecule has 0 fully saturated rings. The fourth-order valence-electron chi connectivity index (χ4n) is 3.95. The first-order chi connectivity index (χ1) is 15.2. The molecule has 0 amide bonds. The van der Waals surface area contributed by atoms with Crippen LogP contribution in [0.2, 0.25) is 0 Å². The average molecular weight is 448 g/mol. The molecule has 1 heterocycles. The van der Waals surface area contributed by atoms with E-state index in [0.29, 0.717) is 22.4 Å². The van der Waals surface area contributed by atoms with E-state index >= 15 is 0 Å². The van der Waals surface area contributed by atoms with Crippen molar-refractivity contribution in [2.75, 3.05) is 11.6 Å². The van der Waals surface area contributed by atoms with E-state index in [0.717, 1.165) is 16.7 Å². The first-order valence-corrected chi connectivity index (χ1v) is 12.2. The van der Waals surface area contributed by atoms with Gasteiger partial charge in [0.05, 0.1) is 27.5 Å². The van der Waals surface area contributed by atoms with Gasteiger partial charge in [0.2, 0.25) is 0 Å². The molecule has 0 unspecified atom stereocenters. The summed E-state index contributed by atoms with van der Waals surface area (Å²) in [6.07, 6.45) is 1.19. The minimum Gasteiger partial charge on any atom is -0.377 e. The molecule has 32 heavy (non-hydrogen) atoms. The predicted molar refractivity (Wildman–Crippen MR) is 129 cm³/mol. The Bertz CT molecular complexity index is 1480. The number of hydrogen-bond donors (Lipinski definition) is 1. The summed E-state index contributed by atoms with van der Waals surface area (Å²) in [7, 11) is -1.67. The van der Waals surface area contributed by atoms with Crippen molar-refractivity contribution < 1.29 is 8.42 Å². The van der Waals surface area contributed by atoms with Crippen LogP contribution in [-0.2, 0) is 16.9 Å².